The molecule has 0 aromatic carbocycles. The smallest absolute Gasteiger partial charge is 0.246 e. The highest BCUT2D eigenvalue weighted by atomic mass is 16.2. The molecule has 1 aliphatic rings. The van der Waals surface area contributed by atoms with Crippen molar-refractivity contribution in [3.8, 4) is 0 Å². The van der Waals surface area contributed by atoms with E-state index in [4.69, 9.17) is 0 Å². The first-order valence-electron chi connectivity index (χ1n) is 7.82. The van der Waals surface area contributed by atoms with E-state index in [0.717, 1.165) is 30.6 Å². The van der Waals surface area contributed by atoms with Crippen molar-refractivity contribution in [3.05, 3.63) is 53.9 Å². The average Bonchev–Trinajstić information content (AvgIpc) is 3.01. The van der Waals surface area contributed by atoms with Gasteiger partial charge in [0.25, 0.3) is 0 Å². The number of pyridine rings is 1. The number of amides is 1. The molecule has 0 spiro atoms. The quantitative estimate of drug-likeness (QED) is 0.924. The lowest BCUT2D eigenvalue weighted by molar-refractivity contribution is -0.132. The summed E-state index contributed by atoms with van der Waals surface area (Å²) in [4.78, 5) is 27.9. The fourth-order valence-electron chi connectivity index (χ4n) is 3.28. The van der Waals surface area contributed by atoms with Crippen LogP contribution in [0.2, 0.25) is 0 Å². The summed E-state index contributed by atoms with van der Waals surface area (Å²) in [7, 11) is 1.67. The van der Waals surface area contributed by atoms with Gasteiger partial charge in [0.1, 0.15) is 5.54 Å². The van der Waals surface area contributed by atoms with Gasteiger partial charge in [0.05, 0.1) is 11.9 Å². The van der Waals surface area contributed by atoms with Gasteiger partial charge in [-0.3, -0.25) is 24.6 Å². The Morgan fingerprint density at radius 3 is 2.83 bits per heavy atom. The molecule has 6 heteroatoms. The van der Waals surface area contributed by atoms with Crippen molar-refractivity contribution >= 4 is 5.91 Å². The summed E-state index contributed by atoms with van der Waals surface area (Å²) in [5.41, 5.74) is 2.03. The average molecular weight is 311 g/mol. The second-order valence-corrected chi connectivity index (χ2v) is 5.86. The molecule has 3 heterocycles. The van der Waals surface area contributed by atoms with Crippen LogP contribution in [0.4, 0.5) is 0 Å². The molecule has 0 aliphatic carbocycles. The second kappa shape index (κ2) is 6.42. The van der Waals surface area contributed by atoms with Crippen LogP contribution in [0.15, 0.2) is 36.9 Å². The molecule has 0 bridgehead atoms. The van der Waals surface area contributed by atoms with E-state index in [2.05, 4.69) is 31.2 Å². The highest BCUT2D eigenvalue weighted by molar-refractivity contribution is 5.87. The number of carbonyl (C=O) groups excluding carboxylic acids is 1. The molecule has 0 saturated carbocycles. The molecule has 1 saturated heterocycles. The third kappa shape index (κ3) is 2.82. The number of nitrogens with zero attached hydrogens (tertiary/aromatic N) is 4. The zero-order valence-electron chi connectivity index (χ0n) is 13.5. The minimum absolute atomic E-state index is 0.0319. The topological polar surface area (TPSA) is 71.0 Å². The van der Waals surface area contributed by atoms with Crippen LogP contribution in [-0.2, 0) is 16.9 Å². The van der Waals surface area contributed by atoms with Gasteiger partial charge in [-0.2, -0.15) is 0 Å². The Labute approximate surface area is 136 Å². The number of rotatable bonds is 4. The largest absolute Gasteiger partial charge is 0.357 e. The molecule has 1 amide bonds. The highest BCUT2D eigenvalue weighted by Crippen LogP contribution is 2.39. The Hall–Kier alpha value is -2.34. The van der Waals surface area contributed by atoms with Gasteiger partial charge in [-0.1, -0.05) is 6.07 Å². The first kappa shape index (κ1) is 15.6. The van der Waals surface area contributed by atoms with Crippen LogP contribution in [0.1, 0.15) is 29.8 Å². The van der Waals surface area contributed by atoms with Crippen LogP contribution in [-0.4, -0.2) is 39.4 Å². The van der Waals surface area contributed by atoms with Gasteiger partial charge in [-0.25, -0.2) is 0 Å². The summed E-state index contributed by atoms with van der Waals surface area (Å²) in [5.74, 6) is -0.0319. The number of hydrogen-bond acceptors (Lipinski definition) is 5. The normalized spacial score (nSPS) is 21.3. The van der Waals surface area contributed by atoms with Crippen molar-refractivity contribution in [3.63, 3.8) is 0 Å². The summed E-state index contributed by atoms with van der Waals surface area (Å²) >= 11 is 0. The number of nitrogens with one attached hydrogen (secondary N) is 1. The lowest BCUT2D eigenvalue weighted by atomic mass is 9.90. The van der Waals surface area contributed by atoms with E-state index in [-0.39, 0.29) is 5.91 Å². The monoisotopic (exact) mass is 311 g/mol. The van der Waals surface area contributed by atoms with Gasteiger partial charge in [0, 0.05) is 37.9 Å². The fraction of sp³-hybridized carbons (Fsp3) is 0.412. The van der Waals surface area contributed by atoms with Crippen molar-refractivity contribution in [1.82, 2.24) is 25.2 Å². The van der Waals surface area contributed by atoms with E-state index >= 15 is 0 Å². The number of carbonyl (C=O) groups is 1. The molecule has 1 aliphatic heterocycles. The Balaban J connectivity index is 1.97. The SMILES string of the molecule is CNC(=O)C1(c2cnccn2)CCCN1Cc1ccc(C)nc1. The van der Waals surface area contributed by atoms with E-state index in [1.807, 2.05) is 19.2 Å². The number of aromatic nitrogens is 3. The zero-order valence-corrected chi connectivity index (χ0v) is 13.5. The van der Waals surface area contributed by atoms with E-state index in [1.165, 1.54) is 0 Å². The lowest BCUT2D eigenvalue weighted by Crippen LogP contribution is -2.52. The minimum atomic E-state index is -0.756. The third-order valence-corrected chi connectivity index (χ3v) is 4.44. The first-order chi connectivity index (χ1) is 11.2. The van der Waals surface area contributed by atoms with Gasteiger partial charge in [0.2, 0.25) is 5.91 Å². The van der Waals surface area contributed by atoms with E-state index in [9.17, 15) is 4.79 Å². The molecular weight excluding hydrogens is 290 g/mol. The van der Waals surface area contributed by atoms with Crippen molar-refractivity contribution in [2.75, 3.05) is 13.6 Å². The molecule has 1 fully saturated rings. The first-order valence-corrected chi connectivity index (χ1v) is 7.82. The molecule has 2 aromatic heterocycles. The van der Waals surface area contributed by atoms with Crippen LogP contribution < -0.4 is 5.32 Å². The highest BCUT2D eigenvalue weighted by Gasteiger charge is 2.49. The maximum Gasteiger partial charge on any atom is 0.246 e. The zero-order chi connectivity index (χ0) is 16.3. The molecule has 3 rings (SSSR count). The van der Waals surface area contributed by atoms with E-state index in [0.29, 0.717) is 12.2 Å². The van der Waals surface area contributed by atoms with Crippen LogP contribution in [0, 0.1) is 6.92 Å². The Bertz CT molecular complexity index is 673. The standard InChI is InChI=1S/C17H21N5O/c1-13-4-5-14(10-21-13)12-22-9-3-6-17(22,16(23)18-2)15-11-19-7-8-20-15/h4-5,7-8,10-11H,3,6,9,12H2,1-2H3,(H,18,23). The summed E-state index contributed by atoms with van der Waals surface area (Å²) in [6, 6.07) is 4.06. The van der Waals surface area contributed by atoms with Gasteiger partial charge < -0.3 is 5.32 Å². The summed E-state index contributed by atoms with van der Waals surface area (Å²) in [5, 5.41) is 2.81. The summed E-state index contributed by atoms with van der Waals surface area (Å²) in [6.45, 7) is 3.48. The van der Waals surface area contributed by atoms with E-state index < -0.39 is 5.54 Å². The second-order valence-electron chi connectivity index (χ2n) is 5.86. The maximum atomic E-state index is 12.8. The molecule has 0 radical (unpaired) electrons. The van der Waals surface area contributed by atoms with E-state index in [1.54, 1.807) is 25.6 Å². The van der Waals surface area contributed by atoms with Gasteiger partial charge in [-0.05, 0) is 37.9 Å². The Morgan fingerprint density at radius 2 is 2.17 bits per heavy atom. The van der Waals surface area contributed by atoms with Crippen LogP contribution in [0.5, 0.6) is 0 Å². The molecule has 1 unspecified atom stereocenters. The number of likely N-dealkylation sites (tertiary alicyclic amines) is 1. The minimum Gasteiger partial charge on any atom is -0.357 e. The third-order valence-electron chi connectivity index (χ3n) is 4.44. The van der Waals surface area contributed by atoms with Gasteiger partial charge in [0.15, 0.2) is 0 Å². The molecule has 23 heavy (non-hydrogen) atoms. The predicted octanol–water partition coefficient (Wildman–Crippen LogP) is 1.42. The Kier molecular flexibility index (Phi) is 4.34. The van der Waals surface area contributed by atoms with Gasteiger partial charge in [-0.15, -0.1) is 0 Å². The van der Waals surface area contributed by atoms with Crippen LogP contribution in [0.3, 0.4) is 0 Å². The van der Waals surface area contributed by atoms with Crippen molar-refractivity contribution in [2.45, 2.75) is 31.8 Å². The predicted molar refractivity (Wildman–Crippen MR) is 86.4 cm³/mol. The number of aryl methyl sites for hydroxylation is 1. The molecule has 1 N–H and O–H groups in total. The summed E-state index contributed by atoms with van der Waals surface area (Å²) in [6.07, 6.45) is 8.53. The maximum absolute atomic E-state index is 12.8. The fourth-order valence-corrected chi connectivity index (χ4v) is 3.28. The van der Waals surface area contributed by atoms with Gasteiger partial charge >= 0.3 is 0 Å². The summed E-state index contributed by atoms with van der Waals surface area (Å²) < 4.78 is 0. The van der Waals surface area contributed by atoms with Crippen LogP contribution in [0.25, 0.3) is 0 Å². The number of hydrogen-bond donors (Lipinski definition) is 1. The molecular formula is C17H21N5O. The Morgan fingerprint density at radius 1 is 1.30 bits per heavy atom. The van der Waals surface area contributed by atoms with Crippen molar-refractivity contribution in [2.24, 2.45) is 0 Å². The number of likely N-dealkylation sites (N-methyl/N-ethyl adjacent to an activating group) is 1. The molecule has 6 nitrogen and oxygen atoms in total. The van der Waals surface area contributed by atoms with Crippen molar-refractivity contribution < 1.29 is 4.79 Å². The molecule has 2 aromatic rings. The molecule has 1 atom stereocenters. The van der Waals surface area contributed by atoms with Crippen molar-refractivity contribution in [1.29, 1.82) is 0 Å². The molecule has 120 valence electrons. The lowest BCUT2D eigenvalue weighted by Gasteiger charge is -2.36. The van der Waals surface area contributed by atoms with Crippen LogP contribution >= 0.6 is 0 Å².